The number of carbonyl (C=O) groups is 2. The highest BCUT2D eigenvalue weighted by atomic mass is 32.2. The molecule has 0 bridgehead atoms. The van der Waals surface area contributed by atoms with Gasteiger partial charge in [-0.2, -0.15) is 0 Å². The van der Waals surface area contributed by atoms with E-state index >= 15 is 0 Å². The Kier molecular flexibility index (Phi) is 7.34. The number of ether oxygens (including phenoxy) is 2. The number of nitrogens with zero attached hydrogens (tertiary/aromatic N) is 1. The third-order valence-electron chi connectivity index (χ3n) is 4.89. The molecule has 3 aromatic carbocycles. The molecule has 0 aliphatic rings. The van der Waals surface area contributed by atoms with E-state index in [2.05, 4.69) is 5.32 Å². The maximum Gasteiger partial charge on any atom is 0.337 e. The van der Waals surface area contributed by atoms with Crippen LogP contribution in [0.4, 0.5) is 11.4 Å². The zero-order valence-electron chi connectivity index (χ0n) is 18.4. The second-order valence-corrected chi connectivity index (χ2v) is 8.96. The third kappa shape index (κ3) is 5.50. The van der Waals surface area contributed by atoms with Crippen molar-refractivity contribution in [1.29, 1.82) is 0 Å². The number of amides is 1. The molecule has 3 aromatic rings. The molecular formula is C24H24N2O6S. The van der Waals surface area contributed by atoms with Gasteiger partial charge in [0, 0.05) is 11.8 Å². The molecule has 0 atom stereocenters. The average molecular weight is 469 g/mol. The maximum atomic E-state index is 13.4. The summed E-state index contributed by atoms with van der Waals surface area (Å²) in [5.41, 5.74) is 1.62. The van der Waals surface area contributed by atoms with Crippen molar-refractivity contribution in [3.8, 4) is 5.75 Å². The predicted molar refractivity (Wildman–Crippen MR) is 125 cm³/mol. The lowest BCUT2D eigenvalue weighted by Gasteiger charge is -2.24. The number of hydrogen-bond acceptors (Lipinski definition) is 6. The quantitative estimate of drug-likeness (QED) is 0.507. The van der Waals surface area contributed by atoms with E-state index in [1.165, 1.54) is 38.5 Å². The van der Waals surface area contributed by atoms with E-state index in [-0.39, 0.29) is 16.1 Å². The van der Waals surface area contributed by atoms with Crippen LogP contribution in [0.5, 0.6) is 5.75 Å². The molecule has 0 aliphatic carbocycles. The van der Waals surface area contributed by atoms with Gasteiger partial charge in [0.25, 0.3) is 10.0 Å². The highest BCUT2D eigenvalue weighted by Gasteiger charge is 2.27. The standard InChI is InChI=1S/C24H24N2O6S/c1-17-12-13-18(24(28)32-3)14-22(17)25-23(27)16-26(19-8-7-9-20(15-19)31-2)33(29,30)21-10-5-4-6-11-21/h4-15H,16H2,1-3H3,(H,25,27). The molecule has 0 aliphatic heterocycles. The molecule has 0 aromatic heterocycles. The van der Waals surface area contributed by atoms with Gasteiger partial charge in [0.05, 0.1) is 30.4 Å². The Labute approximate surface area is 192 Å². The van der Waals surface area contributed by atoms with Gasteiger partial charge >= 0.3 is 5.97 Å². The van der Waals surface area contributed by atoms with Gasteiger partial charge in [0.15, 0.2) is 0 Å². The molecule has 0 unspecified atom stereocenters. The Morgan fingerprint density at radius 3 is 2.33 bits per heavy atom. The van der Waals surface area contributed by atoms with Crippen LogP contribution in [0.25, 0.3) is 0 Å². The summed E-state index contributed by atoms with van der Waals surface area (Å²) in [7, 11) is -1.32. The summed E-state index contributed by atoms with van der Waals surface area (Å²) < 4.78 is 37.8. The van der Waals surface area contributed by atoms with Crippen LogP contribution in [0.1, 0.15) is 15.9 Å². The number of aryl methyl sites for hydroxylation is 1. The molecule has 0 radical (unpaired) electrons. The molecule has 33 heavy (non-hydrogen) atoms. The number of rotatable bonds is 8. The van der Waals surface area contributed by atoms with E-state index in [1.54, 1.807) is 55.5 Å². The van der Waals surface area contributed by atoms with Crippen molar-refractivity contribution in [2.45, 2.75) is 11.8 Å². The number of esters is 1. The van der Waals surface area contributed by atoms with E-state index < -0.39 is 28.4 Å². The van der Waals surface area contributed by atoms with Crippen molar-refractivity contribution in [3.63, 3.8) is 0 Å². The highest BCUT2D eigenvalue weighted by molar-refractivity contribution is 7.92. The van der Waals surface area contributed by atoms with E-state index in [0.717, 1.165) is 4.31 Å². The largest absolute Gasteiger partial charge is 0.497 e. The fraction of sp³-hybridized carbons (Fsp3) is 0.167. The third-order valence-corrected chi connectivity index (χ3v) is 6.68. The van der Waals surface area contributed by atoms with Gasteiger partial charge in [-0.1, -0.05) is 30.3 Å². The summed E-state index contributed by atoms with van der Waals surface area (Å²) in [4.78, 5) is 24.9. The Morgan fingerprint density at radius 1 is 0.939 bits per heavy atom. The number of benzene rings is 3. The number of carbonyl (C=O) groups excluding carboxylic acids is 2. The molecule has 1 amide bonds. The SMILES string of the molecule is COC(=O)c1ccc(C)c(NC(=O)CN(c2cccc(OC)c2)S(=O)(=O)c2ccccc2)c1. The Bertz CT molecular complexity index is 1260. The zero-order valence-corrected chi connectivity index (χ0v) is 19.3. The lowest BCUT2D eigenvalue weighted by atomic mass is 10.1. The lowest BCUT2D eigenvalue weighted by molar-refractivity contribution is -0.114. The fourth-order valence-corrected chi connectivity index (χ4v) is 4.56. The van der Waals surface area contributed by atoms with Gasteiger partial charge in [-0.25, -0.2) is 13.2 Å². The number of methoxy groups -OCH3 is 2. The number of anilines is 2. The van der Waals surface area contributed by atoms with Crippen molar-refractivity contribution >= 4 is 33.3 Å². The summed E-state index contributed by atoms with van der Waals surface area (Å²) in [6.45, 7) is 1.27. The van der Waals surface area contributed by atoms with Crippen molar-refractivity contribution < 1.29 is 27.5 Å². The topological polar surface area (TPSA) is 102 Å². The van der Waals surface area contributed by atoms with E-state index in [4.69, 9.17) is 9.47 Å². The van der Waals surface area contributed by atoms with Crippen molar-refractivity contribution in [2.24, 2.45) is 0 Å². The van der Waals surface area contributed by atoms with Crippen LogP contribution >= 0.6 is 0 Å². The van der Waals surface area contributed by atoms with Gasteiger partial charge in [0.1, 0.15) is 12.3 Å². The fourth-order valence-electron chi connectivity index (χ4n) is 3.12. The first-order valence-electron chi connectivity index (χ1n) is 9.97. The van der Waals surface area contributed by atoms with Crippen molar-refractivity contribution in [1.82, 2.24) is 0 Å². The van der Waals surface area contributed by atoms with Crippen LogP contribution < -0.4 is 14.4 Å². The van der Waals surface area contributed by atoms with Gasteiger partial charge in [0.2, 0.25) is 5.91 Å². The van der Waals surface area contributed by atoms with Crippen LogP contribution in [-0.4, -0.2) is 41.1 Å². The molecule has 0 saturated carbocycles. The first-order valence-corrected chi connectivity index (χ1v) is 11.4. The van der Waals surface area contributed by atoms with Crippen LogP contribution in [0, 0.1) is 6.92 Å². The highest BCUT2D eigenvalue weighted by Crippen LogP contribution is 2.27. The molecule has 0 fully saturated rings. The van der Waals surface area contributed by atoms with E-state index in [0.29, 0.717) is 17.0 Å². The second kappa shape index (κ2) is 10.2. The van der Waals surface area contributed by atoms with Crippen LogP contribution in [0.2, 0.25) is 0 Å². The Morgan fingerprint density at radius 2 is 1.67 bits per heavy atom. The summed E-state index contributed by atoms with van der Waals surface area (Å²) in [6.07, 6.45) is 0. The van der Waals surface area contributed by atoms with Gasteiger partial charge < -0.3 is 14.8 Å². The lowest BCUT2D eigenvalue weighted by Crippen LogP contribution is -2.38. The average Bonchev–Trinajstić information content (AvgIpc) is 2.83. The summed E-state index contributed by atoms with van der Waals surface area (Å²) in [6, 6.07) is 19.0. The normalized spacial score (nSPS) is 10.9. The first kappa shape index (κ1) is 23.8. The maximum absolute atomic E-state index is 13.4. The van der Waals surface area contributed by atoms with Gasteiger partial charge in [-0.15, -0.1) is 0 Å². The molecule has 0 saturated heterocycles. The van der Waals surface area contributed by atoms with Crippen LogP contribution in [0.15, 0.2) is 77.7 Å². The Hall–Kier alpha value is -3.85. The minimum Gasteiger partial charge on any atom is -0.497 e. The Balaban J connectivity index is 1.95. The molecule has 3 rings (SSSR count). The molecule has 172 valence electrons. The minimum atomic E-state index is -4.06. The molecule has 0 spiro atoms. The molecule has 0 heterocycles. The minimum absolute atomic E-state index is 0.0458. The summed E-state index contributed by atoms with van der Waals surface area (Å²) >= 11 is 0. The second-order valence-electron chi connectivity index (χ2n) is 7.10. The van der Waals surface area contributed by atoms with E-state index in [1.807, 2.05) is 0 Å². The van der Waals surface area contributed by atoms with Crippen LogP contribution in [0.3, 0.4) is 0 Å². The zero-order chi connectivity index (χ0) is 24.0. The molecular weight excluding hydrogens is 444 g/mol. The number of nitrogens with one attached hydrogen (secondary N) is 1. The smallest absolute Gasteiger partial charge is 0.337 e. The molecule has 1 N–H and O–H groups in total. The summed E-state index contributed by atoms with van der Waals surface area (Å²) in [5, 5.41) is 2.70. The molecule has 8 nitrogen and oxygen atoms in total. The van der Waals surface area contributed by atoms with Crippen LogP contribution in [-0.2, 0) is 19.6 Å². The molecule has 9 heteroatoms. The predicted octanol–water partition coefficient (Wildman–Crippen LogP) is 3.62. The van der Waals surface area contributed by atoms with Gasteiger partial charge in [-0.05, 0) is 48.9 Å². The summed E-state index contributed by atoms with van der Waals surface area (Å²) in [5.74, 6) is -0.680. The monoisotopic (exact) mass is 468 g/mol. The van der Waals surface area contributed by atoms with Crippen molar-refractivity contribution in [2.75, 3.05) is 30.4 Å². The number of sulfonamides is 1. The van der Waals surface area contributed by atoms with E-state index in [9.17, 15) is 18.0 Å². The van der Waals surface area contributed by atoms with Gasteiger partial charge in [-0.3, -0.25) is 9.10 Å². The van der Waals surface area contributed by atoms with Crippen molar-refractivity contribution in [3.05, 3.63) is 83.9 Å². The number of hydrogen-bond donors (Lipinski definition) is 1. The first-order chi connectivity index (χ1) is 15.8.